The van der Waals surface area contributed by atoms with Gasteiger partial charge in [-0.3, -0.25) is 14.4 Å². The number of ether oxygens (including phenoxy) is 3. The number of fused-ring (bicyclic) bond motifs is 1. The maximum atomic E-state index is 13.2. The van der Waals surface area contributed by atoms with Crippen molar-refractivity contribution in [1.29, 1.82) is 0 Å². The minimum Gasteiger partial charge on any atom is -0.457 e. The molecule has 1 aromatic rings. The topological polar surface area (TPSA) is 102 Å². The monoisotopic (exact) mass is 418 g/mol. The number of rotatable bonds is 4. The molecule has 1 unspecified atom stereocenters. The van der Waals surface area contributed by atoms with Crippen LogP contribution in [0.2, 0.25) is 0 Å². The average molecular weight is 418 g/mol. The normalized spacial score (nSPS) is 20.1. The first kappa shape index (κ1) is 21.8. The number of morpholine rings is 1. The molecule has 1 fully saturated rings. The van der Waals surface area contributed by atoms with Gasteiger partial charge in [0.05, 0.1) is 6.61 Å². The Morgan fingerprint density at radius 2 is 1.93 bits per heavy atom. The van der Waals surface area contributed by atoms with Crippen LogP contribution in [-0.2, 0) is 35.1 Å². The fourth-order valence-corrected chi connectivity index (χ4v) is 3.47. The molecule has 1 saturated heterocycles. The van der Waals surface area contributed by atoms with Gasteiger partial charge in [-0.2, -0.15) is 0 Å². The molecule has 0 bridgehead atoms. The SMILES string of the molecule is CC(=O)OC(C(=O)OC(C)(C)C)[C@H]1OCCN(c2ccc3c(c2)CN(C)C3=O)C1=O. The summed E-state index contributed by atoms with van der Waals surface area (Å²) in [6, 6.07) is 5.15. The van der Waals surface area contributed by atoms with Crippen LogP contribution in [0.3, 0.4) is 0 Å². The molecule has 2 aliphatic heterocycles. The number of carbonyl (C=O) groups is 4. The first-order chi connectivity index (χ1) is 14.0. The third-order valence-electron chi connectivity index (χ3n) is 4.71. The zero-order chi connectivity index (χ0) is 22.2. The van der Waals surface area contributed by atoms with Crippen molar-refractivity contribution in [3.05, 3.63) is 29.3 Å². The number of carbonyl (C=O) groups excluding carboxylic acids is 4. The lowest BCUT2D eigenvalue weighted by atomic mass is 10.1. The predicted molar refractivity (Wildman–Crippen MR) is 106 cm³/mol. The van der Waals surface area contributed by atoms with Gasteiger partial charge < -0.3 is 24.0 Å². The molecule has 9 nitrogen and oxygen atoms in total. The molecule has 2 aliphatic rings. The van der Waals surface area contributed by atoms with Gasteiger partial charge in [0.25, 0.3) is 11.8 Å². The fourth-order valence-electron chi connectivity index (χ4n) is 3.47. The van der Waals surface area contributed by atoms with Crippen molar-refractivity contribution in [2.24, 2.45) is 0 Å². The summed E-state index contributed by atoms with van der Waals surface area (Å²) in [7, 11) is 1.71. The van der Waals surface area contributed by atoms with Crippen LogP contribution in [0.15, 0.2) is 18.2 Å². The molecule has 2 atom stereocenters. The van der Waals surface area contributed by atoms with E-state index in [4.69, 9.17) is 14.2 Å². The van der Waals surface area contributed by atoms with Crippen LogP contribution < -0.4 is 4.90 Å². The van der Waals surface area contributed by atoms with Crippen LogP contribution in [-0.4, -0.2) is 66.7 Å². The van der Waals surface area contributed by atoms with Crippen LogP contribution in [0.5, 0.6) is 0 Å². The van der Waals surface area contributed by atoms with Crippen molar-refractivity contribution in [3.8, 4) is 0 Å². The third-order valence-corrected chi connectivity index (χ3v) is 4.71. The molecule has 162 valence electrons. The summed E-state index contributed by atoms with van der Waals surface area (Å²) < 4.78 is 16.0. The van der Waals surface area contributed by atoms with Crippen molar-refractivity contribution >= 4 is 29.4 Å². The molecule has 0 aliphatic carbocycles. The zero-order valence-electron chi connectivity index (χ0n) is 17.8. The smallest absolute Gasteiger partial charge is 0.351 e. The largest absolute Gasteiger partial charge is 0.457 e. The van der Waals surface area contributed by atoms with E-state index in [-0.39, 0.29) is 19.1 Å². The van der Waals surface area contributed by atoms with E-state index in [1.165, 1.54) is 4.90 Å². The molecular weight excluding hydrogens is 392 g/mol. The Kier molecular flexibility index (Phi) is 5.85. The summed E-state index contributed by atoms with van der Waals surface area (Å²) in [5.41, 5.74) is 1.18. The van der Waals surface area contributed by atoms with E-state index in [9.17, 15) is 19.2 Å². The van der Waals surface area contributed by atoms with Gasteiger partial charge in [-0.25, -0.2) is 4.79 Å². The Morgan fingerprint density at radius 1 is 1.23 bits per heavy atom. The van der Waals surface area contributed by atoms with E-state index in [0.29, 0.717) is 17.8 Å². The number of amides is 2. The minimum absolute atomic E-state index is 0.0671. The molecule has 0 spiro atoms. The summed E-state index contributed by atoms with van der Waals surface area (Å²) in [5.74, 6) is -2.16. The van der Waals surface area contributed by atoms with Gasteiger partial charge in [0.15, 0.2) is 6.10 Å². The number of benzene rings is 1. The second kappa shape index (κ2) is 8.06. The van der Waals surface area contributed by atoms with Crippen molar-refractivity contribution in [1.82, 2.24) is 4.90 Å². The third kappa shape index (κ3) is 4.46. The van der Waals surface area contributed by atoms with Gasteiger partial charge in [0, 0.05) is 38.3 Å². The highest BCUT2D eigenvalue weighted by Gasteiger charge is 2.44. The summed E-state index contributed by atoms with van der Waals surface area (Å²) in [6.45, 7) is 7.04. The molecule has 2 amide bonds. The van der Waals surface area contributed by atoms with Crippen molar-refractivity contribution in [2.45, 2.75) is 52.0 Å². The van der Waals surface area contributed by atoms with E-state index in [0.717, 1.165) is 12.5 Å². The van der Waals surface area contributed by atoms with Crippen molar-refractivity contribution < 1.29 is 33.4 Å². The second-order valence-electron chi connectivity index (χ2n) is 8.35. The number of anilines is 1. The Bertz CT molecular complexity index is 890. The van der Waals surface area contributed by atoms with Crippen LogP contribution in [0.1, 0.15) is 43.6 Å². The summed E-state index contributed by atoms with van der Waals surface area (Å²) in [4.78, 5) is 52.5. The van der Waals surface area contributed by atoms with E-state index >= 15 is 0 Å². The zero-order valence-corrected chi connectivity index (χ0v) is 17.8. The summed E-state index contributed by atoms with van der Waals surface area (Å²) >= 11 is 0. The molecule has 9 heteroatoms. The number of nitrogens with zero attached hydrogens (tertiary/aromatic N) is 2. The van der Waals surface area contributed by atoms with E-state index in [2.05, 4.69) is 0 Å². The van der Waals surface area contributed by atoms with Gasteiger partial charge in [-0.05, 0) is 44.5 Å². The number of esters is 2. The fraction of sp³-hybridized carbons (Fsp3) is 0.524. The molecule has 2 heterocycles. The van der Waals surface area contributed by atoms with E-state index < -0.39 is 35.7 Å². The lowest BCUT2D eigenvalue weighted by molar-refractivity contribution is -0.188. The number of hydrogen-bond acceptors (Lipinski definition) is 7. The van der Waals surface area contributed by atoms with Gasteiger partial charge in [0.2, 0.25) is 6.10 Å². The Balaban J connectivity index is 1.86. The Hall–Kier alpha value is -2.94. The lowest BCUT2D eigenvalue weighted by Gasteiger charge is -2.35. The highest BCUT2D eigenvalue weighted by Crippen LogP contribution is 2.29. The Labute approximate surface area is 174 Å². The number of hydrogen-bond donors (Lipinski definition) is 0. The van der Waals surface area contributed by atoms with Crippen LogP contribution >= 0.6 is 0 Å². The van der Waals surface area contributed by atoms with Gasteiger partial charge >= 0.3 is 11.9 Å². The maximum Gasteiger partial charge on any atom is 0.351 e. The van der Waals surface area contributed by atoms with Crippen LogP contribution in [0.25, 0.3) is 0 Å². The van der Waals surface area contributed by atoms with Gasteiger partial charge in [-0.15, -0.1) is 0 Å². The lowest BCUT2D eigenvalue weighted by Crippen LogP contribution is -2.56. The average Bonchev–Trinajstić information content (AvgIpc) is 2.92. The van der Waals surface area contributed by atoms with Gasteiger partial charge in [0.1, 0.15) is 5.60 Å². The van der Waals surface area contributed by atoms with Gasteiger partial charge in [-0.1, -0.05) is 0 Å². The van der Waals surface area contributed by atoms with Crippen LogP contribution in [0.4, 0.5) is 5.69 Å². The molecule has 1 aromatic carbocycles. The maximum absolute atomic E-state index is 13.2. The highest BCUT2D eigenvalue weighted by molar-refractivity contribution is 6.02. The molecular formula is C21H26N2O7. The molecule has 0 aromatic heterocycles. The first-order valence-corrected chi connectivity index (χ1v) is 9.69. The minimum atomic E-state index is -1.51. The molecule has 3 rings (SSSR count). The predicted octanol–water partition coefficient (Wildman–Crippen LogP) is 1.28. The van der Waals surface area contributed by atoms with Crippen molar-refractivity contribution in [3.63, 3.8) is 0 Å². The molecule has 30 heavy (non-hydrogen) atoms. The standard InChI is InChI=1S/C21H26N2O7/c1-12(24)29-17(20(27)30-21(2,3)4)16-19(26)23(8-9-28-16)14-6-7-15-13(10-14)11-22(5)18(15)25/h6-7,10,16-17H,8-9,11H2,1-5H3/t16-,17?/m1/s1. The van der Waals surface area contributed by atoms with E-state index in [1.54, 1.807) is 50.9 Å². The Morgan fingerprint density at radius 3 is 2.57 bits per heavy atom. The highest BCUT2D eigenvalue weighted by atomic mass is 16.6. The molecule has 0 saturated carbocycles. The first-order valence-electron chi connectivity index (χ1n) is 9.69. The molecule has 0 radical (unpaired) electrons. The van der Waals surface area contributed by atoms with Crippen LogP contribution in [0, 0.1) is 0 Å². The van der Waals surface area contributed by atoms with E-state index in [1.807, 2.05) is 0 Å². The molecule has 0 N–H and O–H groups in total. The second-order valence-corrected chi connectivity index (χ2v) is 8.35. The summed E-state index contributed by atoms with van der Waals surface area (Å²) in [5, 5.41) is 0. The summed E-state index contributed by atoms with van der Waals surface area (Å²) in [6.07, 6.45) is -2.84. The quantitative estimate of drug-likeness (QED) is 0.679. The van der Waals surface area contributed by atoms with Crippen molar-refractivity contribution in [2.75, 3.05) is 25.1 Å².